The van der Waals surface area contributed by atoms with E-state index in [4.69, 9.17) is 9.47 Å². The first-order valence-electron chi connectivity index (χ1n) is 8.99. The molecule has 29 heavy (non-hydrogen) atoms. The summed E-state index contributed by atoms with van der Waals surface area (Å²) in [6.07, 6.45) is -4.36. The van der Waals surface area contributed by atoms with Gasteiger partial charge in [0.2, 0.25) is 5.91 Å². The molecule has 2 heterocycles. The van der Waals surface area contributed by atoms with Crippen LogP contribution in [0.3, 0.4) is 0 Å². The monoisotopic (exact) mass is 406 g/mol. The fraction of sp³-hybridized carbons (Fsp3) is 0.300. The van der Waals surface area contributed by atoms with Crippen LogP contribution in [-0.2, 0) is 11.0 Å². The molecule has 4 rings (SSSR count). The Hall–Kier alpha value is -3.23. The second kappa shape index (κ2) is 7.31. The van der Waals surface area contributed by atoms with Crippen LogP contribution >= 0.6 is 0 Å². The second-order valence-electron chi connectivity index (χ2n) is 6.78. The van der Waals surface area contributed by atoms with Crippen molar-refractivity contribution in [3.63, 3.8) is 0 Å². The Kier molecular flexibility index (Phi) is 4.81. The molecule has 2 aliphatic rings. The van der Waals surface area contributed by atoms with Crippen molar-refractivity contribution in [3.8, 4) is 11.5 Å². The number of halogens is 3. The lowest BCUT2D eigenvalue weighted by Crippen LogP contribution is -2.37. The van der Waals surface area contributed by atoms with E-state index in [0.717, 1.165) is 24.3 Å². The molecule has 6 nitrogen and oxygen atoms in total. The molecule has 152 valence electrons. The molecule has 1 atom stereocenters. The number of nitrogens with one attached hydrogen (secondary N) is 1. The summed E-state index contributed by atoms with van der Waals surface area (Å²) >= 11 is 0. The van der Waals surface area contributed by atoms with Gasteiger partial charge < -0.3 is 19.7 Å². The Morgan fingerprint density at radius 1 is 1.03 bits per heavy atom. The molecule has 0 aliphatic carbocycles. The first kappa shape index (κ1) is 19.1. The number of alkyl halides is 3. The predicted molar refractivity (Wildman–Crippen MR) is 97.1 cm³/mol. The molecule has 1 N–H and O–H groups in total. The van der Waals surface area contributed by atoms with E-state index in [9.17, 15) is 22.8 Å². The summed E-state index contributed by atoms with van der Waals surface area (Å²) in [6, 6.07) is 8.68. The Labute approximate surface area is 164 Å². The van der Waals surface area contributed by atoms with Crippen LogP contribution in [-0.4, -0.2) is 37.6 Å². The van der Waals surface area contributed by atoms with Crippen molar-refractivity contribution in [2.75, 3.05) is 24.7 Å². The van der Waals surface area contributed by atoms with E-state index in [0.29, 0.717) is 30.4 Å². The molecule has 2 aromatic rings. The minimum Gasteiger partial charge on any atom is -0.486 e. The lowest BCUT2D eigenvalue weighted by molar-refractivity contribution is -0.137. The van der Waals surface area contributed by atoms with Gasteiger partial charge in [0.1, 0.15) is 13.2 Å². The molecule has 2 aromatic carbocycles. The van der Waals surface area contributed by atoms with Crippen molar-refractivity contribution in [1.29, 1.82) is 0 Å². The summed E-state index contributed by atoms with van der Waals surface area (Å²) in [4.78, 5) is 26.3. The third-order valence-electron chi connectivity index (χ3n) is 4.77. The van der Waals surface area contributed by atoms with Crippen molar-refractivity contribution in [2.24, 2.45) is 0 Å². The lowest BCUT2D eigenvalue weighted by Gasteiger charge is -2.22. The summed E-state index contributed by atoms with van der Waals surface area (Å²) in [6.45, 7) is 1.15. The topological polar surface area (TPSA) is 67.9 Å². The largest absolute Gasteiger partial charge is 0.486 e. The van der Waals surface area contributed by atoms with Crippen LogP contribution in [0.1, 0.15) is 22.3 Å². The molecule has 0 unspecified atom stereocenters. The van der Waals surface area contributed by atoms with Gasteiger partial charge in [-0.25, -0.2) is 0 Å². The van der Waals surface area contributed by atoms with E-state index in [1.165, 1.54) is 4.90 Å². The van der Waals surface area contributed by atoms with Gasteiger partial charge in [-0.2, -0.15) is 13.2 Å². The number of hydrogen-bond acceptors (Lipinski definition) is 4. The van der Waals surface area contributed by atoms with Crippen LogP contribution in [0, 0.1) is 0 Å². The van der Waals surface area contributed by atoms with Gasteiger partial charge in [0.05, 0.1) is 11.6 Å². The van der Waals surface area contributed by atoms with Gasteiger partial charge in [0.25, 0.3) is 5.91 Å². The van der Waals surface area contributed by atoms with Gasteiger partial charge in [0, 0.05) is 30.3 Å². The second-order valence-corrected chi connectivity index (χ2v) is 6.78. The molecule has 1 saturated heterocycles. The first-order valence-corrected chi connectivity index (χ1v) is 8.99. The number of ether oxygens (including phenoxy) is 2. The van der Waals surface area contributed by atoms with Gasteiger partial charge in [-0.3, -0.25) is 9.59 Å². The molecule has 0 spiro atoms. The van der Waals surface area contributed by atoms with Gasteiger partial charge in [-0.15, -0.1) is 0 Å². The number of benzene rings is 2. The van der Waals surface area contributed by atoms with Crippen molar-refractivity contribution >= 4 is 17.5 Å². The van der Waals surface area contributed by atoms with E-state index in [1.807, 2.05) is 0 Å². The van der Waals surface area contributed by atoms with Crippen LogP contribution in [0.25, 0.3) is 0 Å². The number of carbonyl (C=O) groups excluding carboxylic acids is 2. The highest BCUT2D eigenvalue weighted by Gasteiger charge is 2.33. The smallest absolute Gasteiger partial charge is 0.416 e. The number of carbonyl (C=O) groups is 2. The molecule has 2 amide bonds. The highest BCUT2D eigenvalue weighted by Crippen LogP contribution is 2.35. The molecule has 0 radical (unpaired) electrons. The molecular formula is C20H17F3N2O4. The number of rotatable bonds is 3. The third-order valence-corrected chi connectivity index (χ3v) is 4.77. The SMILES string of the molecule is O=C(N[C@H]1CC(=O)N(c2ccc3c(c2)OCCO3)C1)c1ccc(C(F)(F)F)cc1. The number of anilines is 1. The quantitative estimate of drug-likeness (QED) is 0.851. The maximum atomic E-state index is 12.6. The van der Waals surface area contributed by atoms with E-state index < -0.39 is 23.7 Å². The van der Waals surface area contributed by atoms with Gasteiger partial charge >= 0.3 is 6.18 Å². The zero-order valence-electron chi connectivity index (χ0n) is 15.2. The molecule has 1 fully saturated rings. The highest BCUT2D eigenvalue weighted by atomic mass is 19.4. The molecular weight excluding hydrogens is 389 g/mol. The normalized spacial score (nSPS) is 18.7. The van der Waals surface area contributed by atoms with Crippen LogP contribution in [0.15, 0.2) is 42.5 Å². The average Bonchev–Trinajstić information content (AvgIpc) is 3.07. The summed E-state index contributed by atoms with van der Waals surface area (Å²) in [5.41, 5.74) is -0.0939. The lowest BCUT2D eigenvalue weighted by atomic mass is 10.1. The van der Waals surface area contributed by atoms with E-state index in [2.05, 4.69) is 5.32 Å². The van der Waals surface area contributed by atoms with Crippen molar-refractivity contribution in [2.45, 2.75) is 18.6 Å². The van der Waals surface area contributed by atoms with Crippen LogP contribution < -0.4 is 19.7 Å². The maximum absolute atomic E-state index is 12.6. The maximum Gasteiger partial charge on any atom is 0.416 e. The van der Waals surface area contributed by atoms with Crippen LogP contribution in [0.2, 0.25) is 0 Å². The molecule has 0 aromatic heterocycles. The van der Waals surface area contributed by atoms with Crippen molar-refractivity contribution < 1.29 is 32.2 Å². The Bertz CT molecular complexity index is 944. The summed E-state index contributed by atoms with van der Waals surface area (Å²) < 4.78 is 48.9. The van der Waals surface area contributed by atoms with Gasteiger partial charge in [0.15, 0.2) is 11.5 Å². The zero-order chi connectivity index (χ0) is 20.6. The average molecular weight is 406 g/mol. The zero-order valence-corrected chi connectivity index (χ0v) is 15.2. The molecule has 0 bridgehead atoms. The Balaban J connectivity index is 1.42. The predicted octanol–water partition coefficient (Wildman–Crippen LogP) is 3.01. The fourth-order valence-corrected chi connectivity index (χ4v) is 3.33. The highest BCUT2D eigenvalue weighted by molar-refractivity contribution is 5.99. The Morgan fingerprint density at radius 3 is 2.41 bits per heavy atom. The standard InChI is InChI=1S/C20H17F3N2O4/c21-20(22,23)13-3-1-12(2-4-13)19(27)24-14-9-18(26)25(11-14)15-5-6-16-17(10-15)29-8-7-28-16/h1-6,10,14H,7-9,11H2,(H,24,27)/t14-/m0/s1. The third kappa shape index (κ3) is 3.98. The van der Waals surface area contributed by atoms with E-state index >= 15 is 0 Å². The number of hydrogen-bond donors (Lipinski definition) is 1. The minimum atomic E-state index is -4.46. The fourth-order valence-electron chi connectivity index (χ4n) is 3.33. The summed E-state index contributed by atoms with van der Waals surface area (Å²) in [7, 11) is 0. The summed E-state index contributed by atoms with van der Waals surface area (Å²) in [5.74, 6) is 0.470. The van der Waals surface area contributed by atoms with Crippen LogP contribution in [0.5, 0.6) is 11.5 Å². The van der Waals surface area contributed by atoms with Gasteiger partial charge in [-0.05, 0) is 36.4 Å². The van der Waals surface area contributed by atoms with E-state index in [-0.39, 0.29) is 24.4 Å². The number of fused-ring (bicyclic) bond motifs is 1. The molecule has 2 aliphatic heterocycles. The summed E-state index contributed by atoms with van der Waals surface area (Å²) in [5, 5.41) is 2.71. The molecule has 0 saturated carbocycles. The first-order chi connectivity index (χ1) is 13.8. The van der Waals surface area contributed by atoms with Crippen molar-refractivity contribution in [3.05, 3.63) is 53.6 Å². The van der Waals surface area contributed by atoms with Crippen LogP contribution in [0.4, 0.5) is 18.9 Å². The molecule has 9 heteroatoms. The minimum absolute atomic E-state index is 0.0980. The van der Waals surface area contributed by atoms with E-state index in [1.54, 1.807) is 18.2 Å². The number of nitrogens with zero attached hydrogens (tertiary/aromatic N) is 1. The Morgan fingerprint density at radius 2 is 1.72 bits per heavy atom. The van der Waals surface area contributed by atoms with Gasteiger partial charge in [-0.1, -0.05) is 0 Å². The van der Waals surface area contributed by atoms with Crippen molar-refractivity contribution in [1.82, 2.24) is 5.32 Å². The number of amides is 2.